The van der Waals surface area contributed by atoms with Gasteiger partial charge in [0.1, 0.15) is 0 Å². The molecule has 1 saturated heterocycles. The molecule has 4 rings (SSSR count). The molecule has 4 nitrogen and oxygen atoms in total. The molecule has 4 heteroatoms. The number of amides is 1. The van der Waals surface area contributed by atoms with Gasteiger partial charge in [0.05, 0.1) is 5.52 Å². The van der Waals surface area contributed by atoms with Crippen LogP contribution in [0.15, 0.2) is 30.3 Å². The molecule has 1 atom stereocenters. The van der Waals surface area contributed by atoms with Gasteiger partial charge in [-0.25, -0.2) is 0 Å². The van der Waals surface area contributed by atoms with Crippen molar-refractivity contribution in [1.29, 1.82) is 0 Å². The zero-order valence-electron chi connectivity index (χ0n) is 12.9. The van der Waals surface area contributed by atoms with Crippen LogP contribution in [-0.2, 0) is 4.79 Å². The van der Waals surface area contributed by atoms with Crippen molar-refractivity contribution in [1.82, 2.24) is 9.88 Å². The number of nitrogens with zero attached hydrogens (tertiary/aromatic N) is 2. The Labute approximate surface area is 130 Å². The van der Waals surface area contributed by atoms with Crippen LogP contribution in [0.25, 0.3) is 10.9 Å². The van der Waals surface area contributed by atoms with Crippen molar-refractivity contribution < 1.29 is 4.79 Å². The Morgan fingerprint density at radius 2 is 2.14 bits per heavy atom. The van der Waals surface area contributed by atoms with E-state index in [-0.39, 0.29) is 0 Å². The van der Waals surface area contributed by atoms with Crippen LogP contribution in [0.2, 0.25) is 0 Å². The van der Waals surface area contributed by atoms with Crippen LogP contribution in [0, 0.1) is 12.8 Å². The largest absolute Gasteiger partial charge is 0.384 e. The zero-order chi connectivity index (χ0) is 15.1. The van der Waals surface area contributed by atoms with Crippen LogP contribution < -0.4 is 5.32 Å². The maximum Gasteiger partial charge on any atom is 0.223 e. The number of anilines is 1. The quantitative estimate of drug-likeness (QED) is 0.943. The Hall–Kier alpha value is -2.10. The van der Waals surface area contributed by atoms with Crippen molar-refractivity contribution in [3.8, 4) is 0 Å². The molecule has 1 unspecified atom stereocenters. The average molecular weight is 295 g/mol. The van der Waals surface area contributed by atoms with Crippen molar-refractivity contribution in [3.05, 3.63) is 36.0 Å². The van der Waals surface area contributed by atoms with Gasteiger partial charge in [0.25, 0.3) is 0 Å². The monoisotopic (exact) mass is 295 g/mol. The van der Waals surface area contributed by atoms with E-state index in [0.717, 1.165) is 35.4 Å². The van der Waals surface area contributed by atoms with Gasteiger partial charge in [-0.1, -0.05) is 18.2 Å². The van der Waals surface area contributed by atoms with E-state index in [1.807, 2.05) is 25.1 Å². The van der Waals surface area contributed by atoms with Crippen LogP contribution in [0.3, 0.4) is 0 Å². The summed E-state index contributed by atoms with van der Waals surface area (Å²) in [4.78, 5) is 18.7. The van der Waals surface area contributed by atoms with Crippen molar-refractivity contribution in [2.24, 2.45) is 5.92 Å². The molecule has 2 heterocycles. The van der Waals surface area contributed by atoms with E-state index in [1.54, 1.807) is 0 Å². The van der Waals surface area contributed by atoms with Crippen LogP contribution in [0.5, 0.6) is 0 Å². The van der Waals surface area contributed by atoms with E-state index in [0.29, 0.717) is 24.3 Å². The van der Waals surface area contributed by atoms with Gasteiger partial charge in [-0.15, -0.1) is 0 Å². The number of fused-ring (bicyclic) bond motifs is 1. The number of hydrogen-bond donors (Lipinski definition) is 1. The first-order chi connectivity index (χ1) is 10.7. The van der Waals surface area contributed by atoms with E-state index < -0.39 is 0 Å². The summed E-state index contributed by atoms with van der Waals surface area (Å²) >= 11 is 0. The third-order valence-electron chi connectivity index (χ3n) is 4.65. The number of hydrogen-bond acceptors (Lipinski definition) is 3. The summed E-state index contributed by atoms with van der Waals surface area (Å²) in [5, 5.41) is 4.70. The third-order valence-corrected chi connectivity index (χ3v) is 4.65. The molecule has 1 aliphatic heterocycles. The molecule has 1 N–H and O–H groups in total. The summed E-state index contributed by atoms with van der Waals surface area (Å²) in [6.07, 6.45) is 3.08. The van der Waals surface area contributed by atoms with Gasteiger partial charge in [-0.3, -0.25) is 9.78 Å². The normalized spacial score (nSPS) is 21.6. The molecule has 2 fully saturated rings. The third kappa shape index (κ3) is 2.54. The molecule has 0 spiro atoms. The molecule has 1 amide bonds. The number of carbonyl (C=O) groups excluding carboxylic acids is 1. The molecule has 22 heavy (non-hydrogen) atoms. The van der Waals surface area contributed by atoms with Crippen LogP contribution >= 0.6 is 0 Å². The van der Waals surface area contributed by atoms with Crippen LogP contribution in [-0.4, -0.2) is 34.9 Å². The van der Waals surface area contributed by atoms with Gasteiger partial charge in [0.2, 0.25) is 5.91 Å². The summed E-state index contributed by atoms with van der Waals surface area (Å²) in [6.45, 7) is 3.78. The highest BCUT2D eigenvalue weighted by molar-refractivity contribution is 5.91. The second-order valence-electron chi connectivity index (χ2n) is 6.56. The Balaban J connectivity index is 1.49. The first-order valence-corrected chi connectivity index (χ1v) is 8.10. The second kappa shape index (κ2) is 5.27. The van der Waals surface area contributed by atoms with Gasteiger partial charge in [-0.2, -0.15) is 0 Å². The summed E-state index contributed by atoms with van der Waals surface area (Å²) in [7, 11) is 0. The highest BCUT2D eigenvalue weighted by atomic mass is 16.2. The molecule has 1 saturated carbocycles. The molecular weight excluding hydrogens is 274 g/mol. The minimum absolute atomic E-state index is 0.338. The van der Waals surface area contributed by atoms with Gasteiger partial charge >= 0.3 is 0 Å². The van der Waals surface area contributed by atoms with Crippen molar-refractivity contribution in [2.45, 2.75) is 32.2 Å². The molecule has 2 aliphatic rings. The summed E-state index contributed by atoms with van der Waals surface area (Å²) < 4.78 is 0. The fourth-order valence-electron chi connectivity index (χ4n) is 3.39. The van der Waals surface area contributed by atoms with E-state index in [2.05, 4.69) is 27.3 Å². The lowest BCUT2D eigenvalue weighted by molar-refractivity contribution is -0.128. The van der Waals surface area contributed by atoms with Crippen molar-refractivity contribution in [2.75, 3.05) is 18.4 Å². The lowest BCUT2D eigenvalue weighted by atomic mass is 10.1. The van der Waals surface area contributed by atoms with Crippen LogP contribution in [0.1, 0.15) is 25.0 Å². The fraction of sp³-hybridized carbons (Fsp3) is 0.444. The van der Waals surface area contributed by atoms with Gasteiger partial charge in [-0.05, 0) is 31.9 Å². The summed E-state index contributed by atoms with van der Waals surface area (Å²) in [5.74, 6) is 0.755. The van der Waals surface area contributed by atoms with Crippen LogP contribution in [0.4, 0.5) is 5.69 Å². The highest BCUT2D eigenvalue weighted by Crippen LogP contribution is 2.33. The number of aryl methyl sites for hydroxylation is 1. The molecule has 0 radical (unpaired) electrons. The molecule has 2 aromatic rings. The number of likely N-dealkylation sites (tertiary alicyclic amines) is 1. The minimum Gasteiger partial charge on any atom is -0.384 e. The molecule has 0 bridgehead atoms. The predicted molar refractivity (Wildman–Crippen MR) is 87.8 cm³/mol. The smallest absolute Gasteiger partial charge is 0.223 e. The number of pyridine rings is 1. The van der Waals surface area contributed by atoms with Gasteiger partial charge in [0, 0.05) is 48.2 Å². The van der Waals surface area contributed by atoms with Gasteiger partial charge in [0.15, 0.2) is 0 Å². The molecule has 114 valence electrons. The van der Waals surface area contributed by atoms with E-state index >= 15 is 0 Å². The number of para-hydroxylation sites is 1. The Kier molecular flexibility index (Phi) is 3.25. The minimum atomic E-state index is 0.338. The Bertz CT molecular complexity index is 723. The molecule has 1 aromatic carbocycles. The number of nitrogens with one attached hydrogen (secondary N) is 1. The molecule has 1 aromatic heterocycles. The Morgan fingerprint density at radius 1 is 1.32 bits per heavy atom. The lowest BCUT2D eigenvalue weighted by Gasteiger charge is -2.17. The first kappa shape index (κ1) is 13.6. The average Bonchev–Trinajstić information content (AvgIpc) is 3.28. The van der Waals surface area contributed by atoms with Crippen molar-refractivity contribution in [3.63, 3.8) is 0 Å². The number of aromatic nitrogens is 1. The first-order valence-electron chi connectivity index (χ1n) is 8.10. The summed E-state index contributed by atoms with van der Waals surface area (Å²) in [5.41, 5.74) is 3.16. The standard InChI is InChI=1S/C18H21N3O/c1-12-8-17(15-4-2-3-5-16(15)20-12)19-10-13-9-18(22)21(11-13)14-6-7-14/h2-5,8,13-14H,6-7,9-11H2,1H3,(H,19,20). The maximum atomic E-state index is 12.0. The van der Waals surface area contributed by atoms with E-state index in [4.69, 9.17) is 0 Å². The fourth-order valence-corrected chi connectivity index (χ4v) is 3.39. The predicted octanol–water partition coefficient (Wildman–Crippen LogP) is 2.97. The van der Waals surface area contributed by atoms with E-state index in [9.17, 15) is 4.79 Å². The SMILES string of the molecule is Cc1cc(NCC2CC(=O)N(C3CC3)C2)c2ccccc2n1. The molecule has 1 aliphatic carbocycles. The zero-order valence-corrected chi connectivity index (χ0v) is 12.9. The van der Waals surface area contributed by atoms with Crippen molar-refractivity contribution >= 4 is 22.5 Å². The number of carbonyl (C=O) groups is 1. The number of rotatable bonds is 4. The number of benzene rings is 1. The lowest BCUT2D eigenvalue weighted by Crippen LogP contribution is -2.28. The second-order valence-corrected chi connectivity index (χ2v) is 6.56. The Morgan fingerprint density at radius 3 is 2.95 bits per heavy atom. The van der Waals surface area contributed by atoms with Gasteiger partial charge < -0.3 is 10.2 Å². The highest BCUT2D eigenvalue weighted by Gasteiger charge is 2.39. The molecular formula is C18H21N3O. The topological polar surface area (TPSA) is 45.2 Å². The summed E-state index contributed by atoms with van der Waals surface area (Å²) in [6, 6.07) is 10.8. The maximum absolute atomic E-state index is 12.0. The van der Waals surface area contributed by atoms with E-state index in [1.165, 1.54) is 12.8 Å².